The molecule has 5 nitrogen and oxygen atoms in total. The van der Waals surface area contributed by atoms with E-state index in [-0.39, 0.29) is 0 Å². The van der Waals surface area contributed by atoms with Gasteiger partial charge in [-0.25, -0.2) is 4.98 Å². The average Bonchev–Trinajstić information content (AvgIpc) is 3.46. The molecule has 2 fully saturated rings. The largest absolute Gasteiger partial charge is 0.344 e. The lowest BCUT2D eigenvalue weighted by atomic mass is 9.93. The monoisotopic (exact) mass is 373 g/mol. The number of hydrogen-bond donors (Lipinski definition) is 1. The standard InChI is InChI=1S/C23H27N5/c1-27-9-7-17(8-10-27)23(16-3-4-16)26-22-12-20-11-18(5-6-19(20)13-24-22)21-14-25-28(2)15-21/h5-6,11-15,17H,3-4,7-10H2,1-2H3,(H,24,26). The maximum absolute atomic E-state index is 4.70. The second kappa shape index (κ2) is 7.06. The van der Waals surface area contributed by atoms with Gasteiger partial charge in [0.15, 0.2) is 0 Å². The number of fused-ring (bicyclic) bond motifs is 1. The van der Waals surface area contributed by atoms with Gasteiger partial charge in [-0.2, -0.15) is 5.10 Å². The molecular formula is C23H27N5. The molecule has 3 aromatic rings. The van der Waals surface area contributed by atoms with Crippen LogP contribution in [0, 0.1) is 5.92 Å². The molecule has 0 bridgehead atoms. The molecule has 28 heavy (non-hydrogen) atoms. The highest BCUT2D eigenvalue weighted by Crippen LogP contribution is 2.38. The molecule has 0 amide bonds. The second-order valence-electron chi connectivity index (χ2n) is 8.25. The molecule has 1 aliphatic heterocycles. The second-order valence-corrected chi connectivity index (χ2v) is 8.25. The number of aryl methyl sites for hydroxylation is 1. The van der Waals surface area contributed by atoms with Crippen LogP contribution in [0.15, 0.2) is 54.1 Å². The summed E-state index contributed by atoms with van der Waals surface area (Å²) in [5.41, 5.74) is 5.38. The molecule has 2 aromatic heterocycles. The van der Waals surface area contributed by atoms with Crippen LogP contribution in [-0.2, 0) is 7.05 Å². The number of piperidine rings is 1. The number of anilines is 1. The normalized spacial score (nSPS) is 17.9. The smallest absolute Gasteiger partial charge is 0.130 e. The minimum atomic E-state index is 0.646. The SMILES string of the molecule is CN1CCC(C(Nc2cc3cc(-c4cnn(C)c4)ccc3cn2)=C2CC2)CC1. The number of rotatable bonds is 4. The Morgan fingerprint density at radius 3 is 2.54 bits per heavy atom. The summed E-state index contributed by atoms with van der Waals surface area (Å²) in [6.45, 7) is 2.37. The number of benzene rings is 1. The van der Waals surface area contributed by atoms with E-state index in [0.29, 0.717) is 5.92 Å². The van der Waals surface area contributed by atoms with Crippen LogP contribution in [0.1, 0.15) is 25.7 Å². The fourth-order valence-corrected chi connectivity index (χ4v) is 4.21. The van der Waals surface area contributed by atoms with E-state index in [1.165, 1.54) is 55.4 Å². The molecule has 1 N–H and O–H groups in total. The summed E-state index contributed by atoms with van der Waals surface area (Å²) in [5.74, 6) is 1.61. The van der Waals surface area contributed by atoms with Crippen molar-refractivity contribution in [3.05, 3.63) is 54.1 Å². The average molecular weight is 374 g/mol. The van der Waals surface area contributed by atoms with E-state index < -0.39 is 0 Å². The number of nitrogens with zero attached hydrogens (tertiary/aromatic N) is 4. The lowest BCUT2D eigenvalue weighted by Gasteiger charge is -2.31. The van der Waals surface area contributed by atoms with Crippen molar-refractivity contribution >= 4 is 16.6 Å². The first kappa shape index (κ1) is 17.4. The van der Waals surface area contributed by atoms with Gasteiger partial charge in [0.05, 0.1) is 6.20 Å². The van der Waals surface area contributed by atoms with Crippen LogP contribution >= 0.6 is 0 Å². The molecule has 3 heterocycles. The van der Waals surface area contributed by atoms with E-state index >= 15 is 0 Å². The Hall–Kier alpha value is -2.66. The molecule has 5 heteroatoms. The lowest BCUT2D eigenvalue weighted by Crippen LogP contribution is -2.32. The van der Waals surface area contributed by atoms with Crippen LogP contribution in [0.4, 0.5) is 5.82 Å². The zero-order valence-electron chi connectivity index (χ0n) is 16.7. The van der Waals surface area contributed by atoms with Crippen molar-refractivity contribution in [2.24, 2.45) is 13.0 Å². The summed E-state index contributed by atoms with van der Waals surface area (Å²) in [5, 5.41) is 10.4. The third-order valence-electron chi connectivity index (χ3n) is 6.03. The molecule has 1 aromatic carbocycles. The third-order valence-corrected chi connectivity index (χ3v) is 6.03. The summed E-state index contributed by atoms with van der Waals surface area (Å²) in [4.78, 5) is 7.13. The number of allylic oxidation sites excluding steroid dienone is 2. The molecule has 0 radical (unpaired) electrons. The highest BCUT2D eigenvalue weighted by Gasteiger charge is 2.27. The van der Waals surface area contributed by atoms with Crippen molar-refractivity contribution in [2.75, 3.05) is 25.5 Å². The molecule has 2 aliphatic rings. The van der Waals surface area contributed by atoms with Gasteiger partial charge in [-0.15, -0.1) is 0 Å². The Morgan fingerprint density at radius 2 is 1.82 bits per heavy atom. The molecule has 0 spiro atoms. The molecule has 1 saturated heterocycles. The fourth-order valence-electron chi connectivity index (χ4n) is 4.21. The first-order valence-corrected chi connectivity index (χ1v) is 10.2. The van der Waals surface area contributed by atoms with Gasteiger partial charge in [0.25, 0.3) is 0 Å². The van der Waals surface area contributed by atoms with Gasteiger partial charge < -0.3 is 10.2 Å². The summed E-state index contributed by atoms with van der Waals surface area (Å²) in [6.07, 6.45) is 10.9. The Morgan fingerprint density at radius 1 is 1.00 bits per heavy atom. The highest BCUT2D eigenvalue weighted by atomic mass is 15.2. The Labute approximate surface area is 166 Å². The number of nitrogens with one attached hydrogen (secondary N) is 1. The molecule has 0 unspecified atom stereocenters. The van der Waals surface area contributed by atoms with Crippen LogP contribution in [-0.4, -0.2) is 39.8 Å². The first-order chi connectivity index (χ1) is 13.7. The van der Waals surface area contributed by atoms with E-state index in [1.54, 1.807) is 5.57 Å². The molecule has 1 saturated carbocycles. The molecule has 0 atom stereocenters. The van der Waals surface area contributed by atoms with Crippen LogP contribution in [0.5, 0.6) is 0 Å². The van der Waals surface area contributed by atoms with Crippen molar-refractivity contribution in [3.8, 4) is 11.1 Å². The van der Waals surface area contributed by atoms with Crippen LogP contribution in [0.2, 0.25) is 0 Å². The van der Waals surface area contributed by atoms with Crippen molar-refractivity contribution in [1.29, 1.82) is 0 Å². The zero-order valence-corrected chi connectivity index (χ0v) is 16.7. The van der Waals surface area contributed by atoms with Gasteiger partial charge in [0, 0.05) is 42.0 Å². The van der Waals surface area contributed by atoms with Crippen molar-refractivity contribution < 1.29 is 0 Å². The number of pyridine rings is 1. The number of hydrogen-bond acceptors (Lipinski definition) is 4. The molecule has 144 valence electrons. The maximum atomic E-state index is 4.70. The van der Waals surface area contributed by atoms with Gasteiger partial charge in [0.1, 0.15) is 5.82 Å². The quantitative estimate of drug-likeness (QED) is 0.734. The van der Waals surface area contributed by atoms with Crippen LogP contribution in [0.25, 0.3) is 21.9 Å². The molecule has 1 aliphatic carbocycles. The van der Waals surface area contributed by atoms with Crippen molar-refractivity contribution in [3.63, 3.8) is 0 Å². The summed E-state index contributed by atoms with van der Waals surface area (Å²) >= 11 is 0. The maximum Gasteiger partial charge on any atom is 0.130 e. The Balaban J connectivity index is 1.43. The lowest BCUT2D eigenvalue weighted by molar-refractivity contribution is 0.238. The predicted octanol–water partition coefficient (Wildman–Crippen LogP) is 4.44. The highest BCUT2D eigenvalue weighted by molar-refractivity contribution is 5.88. The van der Waals surface area contributed by atoms with E-state index in [0.717, 1.165) is 16.8 Å². The van der Waals surface area contributed by atoms with E-state index in [4.69, 9.17) is 4.98 Å². The van der Waals surface area contributed by atoms with E-state index in [2.05, 4.69) is 52.8 Å². The Bertz CT molecular complexity index is 1030. The van der Waals surface area contributed by atoms with Gasteiger partial charge in [-0.1, -0.05) is 12.1 Å². The van der Waals surface area contributed by atoms with E-state index in [9.17, 15) is 0 Å². The van der Waals surface area contributed by atoms with Gasteiger partial charge in [-0.05, 0) is 74.5 Å². The summed E-state index contributed by atoms with van der Waals surface area (Å²) < 4.78 is 1.84. The third kappa shape index (κ3) is 3.54. The van der Waals surface area contributed by atoms with Gasteiger partial charge >= 0.3 is 0 Å². The minimum Gasteiger partial charge on any atom is -0.344 e. The van der Waals surface area contributed by atoms with E-state index in [1.807, 2.05) is 24.1 Å². The predicted molar refractivity (Wildman–Crippen MR) is 114 cm³/mol. The topological polar surface area (TPSA) is 46.0 Å². The summed E-state index contributed by atoms with van der Waals surface area (Å²) in [7, 11) is 4.17. The van der Waals surface area contributed by atoms with Crippen LogP contribution < -0.4 is 5.32 Å². The first-order valence-electron chi connectivity index (χ1n) is 10.2. The van der Waals surface area contributed by atoms with Crippen molar-refractivity contribution in [2.45, 2.75) is 25.7 Å². The zero-order chi connectivity index (χ0) is 19.1. The van der Waals surface area contributed by atoms with Gasteiger partial charge in [-0.3, -0.25) is 4.68 Å². The van der Waals surface area contributed by atoms with Crippen LogP contribution in [0.3, 0.4) is 0 Å². The fraction of sp³-hybridized carbons (Fsp3) is 0.391. The number of likely N-dealkylation sites (tertiary alicyclic amines) is 1. The summed E-state index contributed by atoms with van der Waals surface area (Å²) in [6, 6.07) is 8.71. The van der Waals surface area contributed by atoms with Gasteiger partial charge in [0.2, 0.25) is 0 Å². The minimum absolute atomic E-state index is 0.646. The Kier molecular flexibility index (Phi) is 4.40. The van der Waals surface area contributed by atoms with Crippen molar-refractivity contribution in [1.82, 2.24) is 19.7 Å². The molecule has 5 rings (SSSR count). The number of aromatic nitrogens is 3. The molecular weight excluding hydrogens is 346 g/mol.